The number of sulfonamides is 1. The van der Waals surface area contributed by atoms with Crippen LogP contribution in [0.1, 0.15) is 53.9 Å². The lowest BCUT2D eigenvalue weighted by molar-refractivity contribution is -0.123. The third kappa shape index (κ3) is 8.71. The van der Waals surface area contributed by atoms with Gasteiger partial charge in [-0.3, -0.25) is 9.10 Å². The first kappa shape index (κ1) is 24.1. The molecule has 0 heterocycles. The maximum atomic E-state index is 12.3. The Bertz CT molecular complexity index is 772. The first-order valence-corrected chi connectivity index (χ1v) is 11.4. The normalized spacial score (nSPS) is 12.7. The summed E-state index contributed by atoms with van der Waals surface area (Å²) in [5, 5.41) is 3.72. The lowest BCUT2D eigenvalue weighted by atomic mass is 9.82. The third-order valence-electron chi connectivity index (χ3n) is 3.79. The zero-order valence-electron chi connectivity index (χ0n) is 16.9. The molecule has 8 heteroatoms. The van der Waals surface area contributed by atoms with E-state index in [1.165, 1.54) is 10.4 Å². The first-order valence-electron chi connectivity index (χ1n) is 8.84. The van der Waals surface area contributed by atoms with Crippen LogP contribution in [0.25, 0.3) is 0 Å². The highest BCUT2D eigenvalue weighted by atomic mass is 35.5. The smallest absolute Gasteiger partial charge is 0.232 e. The number of amides is 1. The summed E-state index contributed by atoms with van der Waals surface area (Å²) in [5.74, 6) is -0.102. The van der Waals surface area contributed by atoms with Gasteiger partial charge in [-0.15, -0.1) is 0 Å². The molecule has 1 aromatic rings. The summed E-state index contributed by atoms with van der Waals surface area (Å²) in [6, 6.07) is 4.66. The minimum atomic E-state index is -3.56. The molecule has 1 aromatic carbocycles. The average Bonchev–Trinajstić information content (AvgIpc) is 2.42. The van der Waals surface area contributed by atoms with Gasteiger partial charge >= 0.3 is 0 Å². The van der Waals surface area contributed by atoms with Crippen molar-refractivity contribution in [3.8, 4) is 0 Å². The Kier molecular flexibility index (Phi) is 8.03. The van der Waals surface area contributed by atoms with Crippen LogP contribution in [0.3, 0.4) is 0 Å². The Labute approximate surface area is 173 Å². The number of nitrogens with one attached hydrogen (secondary N) is 1. The molecular formula is C19H30Cl2N2O3S. The van der Waals surface area contributed by atoms with E-state index >= 15 is 0 Å². The molecule has 0 aliphatic rings. The second-order valence-corrected chi connectivity index (χ2v) is 11.5. The largest absolute Gasteiger partial charge is 0.351 e. The SMILES string of the molecule is CC(C)(C)CC(C)(C)NC(=O)CCCN(c1cc(Cl)ccc1Cl)S(C)(=O)=O. The summed E-state index contributed by atoms with van der Waals surface area (Å²) in [4.78, 5) is 12.3. The number of anilines is 1. The molecule has 0 aromatic heterocycles. The van der Waals surface area contributed by atoms with Crippen molar-refractivity contribution >= 4 is 44.8 Å². The van der Waals surface area contributed by atoms with Gasteiger partial charge in [0.25, 0.3) is 0 Å². The quantitative estimate of drug-likeness (QED) is 0.631. The number of nitrogens with zero attached hydrogens (tertiary/aromatic N) is 1. The molecule has 0 aliphatic heterocycles. The third-order valence-corrected chi connectivity index (χ3v) is 5.53. The van der Waals surface area contributed by atoms with Gasteiger partial charge in [-0.05, 0) is 50.3 Å². The molecule has 0 fully saturated rings. The molecule has 1 amide bonds. The monoisotopic (exact) mass is 436 g/mol. The van der Waals surface area contributed by atoms with E-state index in [-0.39, 0.29) is 29.8 Å². The fourth-order valence-electron chi connectivity index (χ4n) is 3.34. The van der Waals surface area contributed by atoms with E-state index in [0.717, 1.165) is 12.7 Å². The highest BCUT2D eigenvalue weighted by Gasteiger charge is 2.27. The highest BCUT2D eigenvalue weighted by Crippen LogP contribution is 2.31. The molecule has 27 heavy (non-hydrogen) atoms. The summed E-state index contributed by atoms with van der Waals surface area (Å²) < 4.78 is 25.5. The van der Waals surface area contributed by atoms with Gasteiger partial charge in [-0.1, -0.05) is 44.0 Å². The van der Waals surface area contributed by atoms with E-state index in [1.54, 1.807) is 12.1 Å². The standard InChI is InChI=1S/C19H30Cl2N2O3S/c1-18(2,3)13-19(4,5)22-17(24)8-7-11-23(27(6,25)26)16-12-14(20)9-10-15(16)21/h9-10,12H,7-8,11,13H2,1-6H3,(H,22,24). The minimum absolute atomic E-state index is 0.0905. The van der Waals surface area contributed by atoms with Gasteiger partial charge in [-0.2, -0.15) is 0 Å². The van der Waals surface area contributed by atoms with Crippen molar-refractivity contribution in [1.82, 2.24) is 5.32 Å². The van der Waals surface area contributed by atoms with E-state index in [2.05, 4.69) is 26.1 Å². The van der Waals surface area contributed by atoms with Gasteiger partial charge in [-0.25, -0.2) is 8.42 Å². The molecule has 0 atom stereocenters. The Morgan fingerprint density at radius 3 is 2.26 bits per heavy atom. The number of hydrogen-bond donors (Lipinski definition) is 1. The Morgan fingerprint density at radius 1 is 1.15 bits per heavy atom. The van der Waals surface area contributed by atoms with Crippen LogP contribution < -0.4 is 9.62 Å². The molecule has 5 nitrogen and oxygen atoms in total. The van der Waals surface area contributed by atoms with Crippen LogP contribution in [-0.4, -0.2) is 32.7 Å². The fourth-order valence-corrected chi connectivity index (χ4v) is 4.74. The second kappa shape index (κ2) is 9.01. The van der Waals surface area contributed by atoms with E-state index in [4.69, 9.17) is 23.2 Å². The lowest BCUT2D eigenvalue weighted by Gasteiger charge is -2.33. The van der Waals surface area contributed by atoms with Crippen molar-refractivity contribution in [2.24, 2.45) is 5.41 Å². The number of rotatable bonds is 8. The average molecular weight is 437 g/mol. The Hall–Kier alpha value is -0.980. The van der Waals surface area contributed by atoms with Gasteiger partial charge < -0.3 is 5.32 Å². The van der Waals surface area contributed by atoms with Crippen LogP contribution in [-0.2, 0) is 14.8 Å². The maximum Gasteiger partial charge on any atom is 0.232 e. The van der Waals surface area contributed by atoms with E-state index in [0.29, 0.717) is 22.2 Å². The van der Waals surface area contributed by atoms with Crippen molar-refractivity contribution < 1.29 is 13.2 Å². The summed E-state index contributed by atoms with van der Waals surface area (Å²) >= 11 is 12.1. The van der Waals surface area contributed by atoms with Gasteiger partial charge in [0.15, 0.2) is 0 Å². The van der Waals surface area contributed by atoms with Crippen molar-refractivity contribution in [2.75, 3.05) is 17.1 Å². The summed E-state index contributed by atoms with van der Waals surface area (Å²) in [6.07, 6.45) is 2.53. The summed E-state index contributed by atoms with van der Waals surface area (Å²) in [7, 11) is -3.56. The molecule has 0 saturated carbocycles. The van der Waals surface area contributed by atoms with E-state index in [9.17, 15) is 13.2 Å². The van der Waals surface area contributed by atoms with Crippen molar-refractivity contribution in [2.45, 2.75) is 59.4 Å². The number of carbonyl (C=O) groups excluding carboxylic acids is 1. The summed E-state index contributed by atoms with van der Waals surface area (Å²) in [5.41, 5.74) is 0.0788. The van der Waals surface area contributed by atoms with Gasteiger partial charge in [0, 0.05) is 23.5 Å². The molecule has 0 radical (unpaired) electrons. The predicted octanol–water partition coefficient (Wildman–Crippen LogP) is 4.87. The Morgan fingerprint density at radius 2 is 1.74 bits per heavy atom. The first-order chi connectivity index (χ1) is 12.1. The van der Waals surface area contributed by atoms with Crippen LogP contribution in [0.4, 0.5) is 5.69 Å². The van der Waals surface area contributed by atoms with Crippen LogP contribution in [0, 0.1) is 5.41 Å². The predicted molar refractivity (Wildman–Crippen MR) is 114 cm³/mol. The van der Waals surface area contributed by atoms with E-state index < -0.39 is 10.0 Å². The molecule has 0 saturated heterocycles. The molecule has 154 valence electrons. The van der Waals surface area contributed by atoms with Crippen LogP contribution >= 0.6 is 23.2 Å². The zero-order chi connectivity index (χ0) is 21.0. The van der Waals surface area contributed by atoms with E-state index in [1.807, 2.05) is 13.8 Å². The molecule has 1 rings (SSSR count). The molecule has 1 N–H and O–H groups in total. The van der Waals surface area contributed by atoms with Crippen molar-refractivity contribution in [1.29, 1.82) is 0 Å². The van der Waals surface area contributed by atoms with Gasteiger partial charge in [0.2, 0.25) is 15.9 Å². The van der Waals surface area contributed by atoms with Crippen LogP contribution in [0.5, 0.6) is 0 Å². The molecule has 0 spiro atoms. The minimum Gasteiger partial charge on any atom is -0.351 e. The van der Waals surface area contributed by atoms with Crippen molar-refractivity contribution in [3.05, 3.63) is 28.2 Å². The molecule has 0 aliphatic carbocycles. The molecule has 0 bridgehead atoms. The highest BCUT2D eigenvalue weighted by molar-refractivity contribution is 7.92. The van der Waals surface area contributed by atoms with Gasteiger partial charge in [0.05, 0.1) is 17.0 Å². The number of hydrogen-bond acceptors (Lipinski definition) is 3. The number of benzene rings is 1. The second-order valence-electron chi connectivity index (χ2n) is 8.70. The molecule has 0 unspecified atom stereocenters. The Balaban J connectivity index is 2.76. The lowest BCUT2D eigenvalue weighted by Crippen LogP contribution is -2.46. The number of halogens is 2. The van der Waals surface area contributed by atoms with Gasteiger partial charge in [0.1, 0.15) is 0 Å². The summed E-state index contributed by atoms with van der Waals surface area (Å²) in [6.45, 7) is 10.5. The maximum absolute atomic E-state index is 12.3. The number of carbonyl (C=O) groups is 1. The zero-order valence-corrected chi connectivity index (χ0v) is 19.2. The van der Waals surface area contributed by atoms with Crippen LogP contribution in [0.15, 0.2) is 18.2 Å². The van der Waals surface area contributed by atoms with Crippen molar-refractivity contribution in [3.63, 3.8) is 0 Å². The topological polar surface area (TPSA) is 66.5 Å². The van der Waals surface area contributed by atoms with Crippen LogP contribution in [0.2, 0.25) is 10.0 Å². The molecular weight excluding hydrogens is 407 g/mol. The fraction of sp³-hybridized carbons (Fsp3) is 0.632.